The molecule has 3 aromatic rings. The average molecular weight is 406 g/mol. The summed E-state index contributed by atoms with van der Waals surface area (Å²) in [7, 11) is 0. The SMILES string of the molecule is N#CC(=Cc1csc(-c2cccs2)n1)C(=O)Nc1cc(Cl)ccc1Cl. The fourth-order valence-electron chi connectivity index (χ4n) is 1.95. The number of carbonyl (C=O) groups is 1. The Kier molecular flexibility index (Phi) is 5.51. The molecule has 0 fully saturated rings. The molecule has 0 saturated carbocycles. The van der Waals surface area contributed by atoms with Crippen LogP contribution in [0.3, 0.4) is 0 Å². The fourth-order valence-corrected chi connectivity index (χ4v) is 3.87. The molecule has 124 valence electrons. The van der Waals surface area contributed by atoms with Gasteiger partial charge in [0, 0.05) is 10.4 Å². The van der Waals surface area contributed by atoms with Crippen LogP contribution in [0.1, 0.15) is 5.69 Å². The number of benzene rings is 1. The summed E-state index contributed by atoms with van der Waals surface area (Å²) in [5.74, 6) is -0.572. The highest BCUT2D eigenvalue weighted by Crippen LogP contribution is 2.29. The van der Waals surface area contributed by atoms with Gasteiger partial charge in [-0.25, -0.2) is 4.98 Å². The van der Waals surface area contributed by atoms with Crippen LogP contribution in [-0.2, 0) is 4.79 Å². The topological polar surface area (TPSA) is 65.8 Å². The minimum absolute atomic E-state index is 0.0703. The third-order valence-corrected chi connectivity index (χ3v) is 5.55. The molecule has 0 aliphatic carbocycles. The largest absolute Gasteiger partial charge is 0.320 e. The van der Waals surface area contributed by atoms with Gasteiger partial charge in [-0.2, -0.15) is 5.26 Å². The van der Waals surface area contributed by atoms with Gasteiger partial charge >= 0.3 is 0 Å². The number of rotatable bonds is 4. The summed E-state index contributed by atoms with van der Waals surface area (Å²) in [6.45, 7) is 0. The van der Waals surface area contributed by atoms with E-state index in [9.17, 15) is 10.1 Å². The van der Waals surface area contributed by atoms with E-state index in [-0.39, 0.29) is 5.57 Å². The maximum Gasteiger partial charge on any atom is 0.266 e. The van der Waals surface area contributed by atoms with Crippen LogP contribution in [0.25, 0.3) is 16.0 Å². The van der Waals surface area contributed by atoms with Gasteiger partial charge in [0.25, 0.3) is 5.91 Å². The molecule has 25 heavy (non-hydrogen) atoms. The van der Waals surface area contributed by atoms with Crippen LogP contribution in [0.4, 0.5) is 5.69 Å². The summed E-state index contributed by atoms with van der Waals surface area (Å²) in [6.07, 6.45) is 1.45. The van der Waals surface area contributed by atoms with Crippen LogP contribution in [0.5, 0.6) is 0 Å². The van der Waals surface area contributed by atoms with Gasteiger partial charge in [0.15, 0.2) is 0 Å². The Bertz CT molecular complexity index is 988. The molecule has 8 heteroatoms. The molecule has 2 heterocycles. The number of thiophene rings is 1. The van der Waals surface area contributed by atoms with E-state index in [2.05, 4.69) is 10.3 Å². The molecule has 0 aliphatic rings. The summed E-state index contributed by atoms with van der Waals surface area (Å²) >= 11 is 15.0. The number of nitriles is 1. The van der Waals surface area contributed by atoms with Crippen LogP contribution in [0.15, 0.2) is 46.7 Å². The number of halogens is 2. The standard InChI is InChI=1S/C17H9Cl2N3OS2/c18-11-3-4-13(19)14(7-11)22-16(23)10(8-20)6-12-9-25-17(21-12)15-2-1-5-24-15/h1-7,9H,(H,22,23). The summed E-state index contributed by atoms with van der Waals surface area (Å²) in [5, 5.41) is 17.3. The summed E-state index contributed by atoms with van der Waals surface area (Å²) in [5.41, 5.74) is 0.828. The second kappa shape index (κ2) is 7.81. The molecule has 0 bridgehead atoms. The predicted octanol–water partition coefficient (Wildman–Crippen LogP) is 5.72. The van der Waals surface area contributed by atoms with E-state index in [0.29, 0.717) is 21.4 Å². The van der Waals surface area contributed by atoms with Crippen molar-refractivity contribution in [3.63, 3.8) is 0 Å². The van der Waals surface area contributed by atoms with E-state index < -0.39 is 5.91 Å². The molecule has 0 spiro atoms. The lowest BCUT2D eigenvalue weighted by atomic mass is 10.2. The van der Waals surface area contributed by atoms with Crippen LogP contribution in [-0.4, -0.2) is 10.9 Å². The quantitative estimate of drug-likeness (QED) is 0.445. The summed E-state index contributed by atoms with van der Waals surface area (Å²) in [4.78, 5) is 17.8. The Morgan fingerprint density at radius 1 is 1.28 bits per heavy atom. The van der Waals surface area contributed by atoms with Crippen LogP contribution in [0.2, 0.25) is 10.0 Å². The van der Waals surface area contributed by atoms with Gasteiger partial charge in [-0.1, -0.05) is 29.3 Å². The number of carbonyl (C=O) groups excluding carboxylic acids is 1. The maximum absolute atomic E-state index is 12.3. The molecule has 1 N–H and O–H groups in total. The maximum atomic E-state index is 12.3. The fraction of sp³-hybridized carbons (Fsp3) is 0. The zero-order chi connectivity index (χ0) is 17.8. The van der Waals surface area contributed by atoms with Crippen molar-refractivity contribution in [1.82, 2.24) is 4.98 Å². The number of anilines is 1. The Labute approximate surface area is 162 Å². The lowest BCUT2D eigenvalue weighted by Gasteiger charge is -2.06. The van der Waals surface area contributed by atoms with Crippen molar-refractivity contribution in [3.05, 3.63) is 62.4 Å². The van der Waals surface area contributed by atoms with Gasteiger partial charge in [0.1, 0.15) is 16.6 Å². The van der Waals surface area contributed by atoms with E-state index in [4.69, 9.17) is 23.2 Å². The smallest absolute Gasteiger partial charge is 0.266 e. The number of hydrogen-bond donors (Lipinski definition) is 1. The third-order valence-electron chi connectivity index (χ3n) is 3.09. The first kappa shape index (κ1) is 17.6. The lowest BCUT2D eigenvalue weighted by Crippen LogP contribution is -2.13. The molecule has 0 unspecified atom stereocenters. The number of nitrogens with one attached hydrogen (secondary N) is 1. The van der Waals surface area contributed by atoms with Crippen molar-refractivity contribution in [3.8, 4) is 16.0 Å². The molecule has 2 aromatic heterocycles. The second-order valence-corrected chi connectivity index (χ2v) is 7.45. The molecule has 0 atom stereocenters. The highest BCUT2D eigenvalue weighted by molar-refractivity contribution is 7.20. The number of nitrogens with zero attached hydrogens (tertiary/aromatic N) is 2. The van der Waals surface area contributed by atoms with E-state index >= 15 is 0 Å². The molecule has 0 saturated heterocycles. The zero-order valence-electron chi connectivity index (χ0n) is 12.5. The molecular weight excluding hydrogens is 397 g/mol. The number of aromatic nitrogens is 1. The zero-order valence-corrected chi connectivity index (χ0v) is 15.6. The summed E-state index contributed by atoms with van der Waals surface area (Å²) < 4.78 is 0. The van der Waals surface area contributed by atoms with E-state index in [0.717, 1.165) is 9.88 Å². The van der Waals surface area contributed by atoms with Crippen molar-refractivity contribution >= 4 is 63.5 Å². The first-order valence-corrected chi connectivity index (χ1v) is 9.46. The first-order valence-electron chi connectivity index (χ1n) is 6.94. The van der Waals surface area contributed by atoms with Crippen LogP contribution in [0, 0.1) is 11.3 Å². The normalized spacial score (nSPS) is 11.2. The minimum atomic E-state index is -0.572. The van der Waals surface area contributed by atoms with Gasteiger partial charge in [-0.15, -0.1) is 22.7 Å². The lowest BCUT2D eigenvalue weighted by molar-refractivity contribution is -0.112. The Morgan fingerprint density at radius 2 is 2.12 bits per heavy atom. The van der Waals surface area contributed by atoms with Crippen LogP contribution < -0.4 is 5.32 Å². The highest BCUT2D eigenvalue weighted by Gasteiger charge is 2.13. The van der Waals surface area contributed by atoms with Crippen molar-refractivity contribution in [2.45, 2.75) is 0 Å². The van der Waals surface area contributed by atoms with Crippen molar-refractivity contribution in [2.24, 2.45) is 0 Å². The van der Waals surface area contributed by atoms with E-state index in [1.165, 1.54) is 23.5 Å². The van der Waals surface area contributed by atoms with Gasteiger partial charge in [0.05, 0.1) is 21.3 Å². The van der Waals surface area contributed by atoms with Gasteiger partial charge < -0.3 is 5.32 Å². The molecule has 3 rings (SSSR count). The minimum Gasteiger partial charge on any atom is -0.320 e. The molecule has 4 nitrogen and oxygen atoms in total. The Hall–Kier alpha value is -2.17. The second-order valence-electron chi connectivity index (χ2n) is 4.80. The predicted molar refractivity (Wildman–Crippen MR) is 104 cm³/mol. The van der Waals surface area contributed by atoms with Crippen LogP contribution >= 0.6 is 45.9 Å². The van der Waals surface area contributed by atoms with Crippen molar-refractivity contribution in [1.29, 1.82) is 5.26 Å². The third kappa shape index (κ3) is 4.27. The van der Waals surface area contributed by atoms with Crippen molar-refractivity contribution < 1.29 is 4.79 Å². The average Bonchev–Trinajstić information content (AvgIpc) is 3.27. The summed E-state index contributed by atoms with van der Waals surface area (Å²) in [6, 6.07) is 10.5. The van der Waals surface area contributed by atoms with Gasteiger partial charge in [-0.3, -0.25) is 4.79 Å². The van der Waals surface area contributed by atoms with E-state index in [1.807, 2.05) is 23.6 Å². The first-order chi connectivity index (χ1) is 12.1. The molecule has 0 aliphatic heterocycles. The number of hydrogen-bond acceptors (Lipinski definition) is 5. The molecular formula is C17H9Cl2N3OS2. The number of thiazole rings is 1. The number of amides is 1. The van der Waals surface area contributed by atoms with E-state index in [1.54, 1.807) is 28.8 Å². The highest BCUT2D eigenvalue weighted by atomic mass is 35.5. The molecule has 1 aromatic carbocycles. The van der Waals surface area contributed by atoms with Gasteiger partial charge in [0.2, 0.25) is 0 Å². The Morgan fingerprint density at radius 3 is 2.84 bits per heavy atom. The van der Waals surface area contributed by atoms with Gasteiger partial charge in [-0.05, 0) is 35.7 Å². The molecule has 1 amide bonds. The monoisotopic (exact) mass is 405 g/mol. The molecule has 0 radical (unpaired) electrons. The van der Waals surface area contributed by atoms with Crippen molar-refractivity contribution in [2.75, 3.05) is 5.32 Å². The Balaban J connectivity index is 1.82.